The first-order valence-electron chi connectivity index (χ1n) is 8.76. The van der Waals surface area contributed by atoms with Gasteiger partial charge in [-0.2, -0.15) is 0 Å². The van der Waals surface area contributed by atoms with Gasteiger partial charge in [0.25, 0.3) is 0 Å². The third kappa shape index (κ3) is 3.55. The molecule has 0 aliphatic rings. The second kappa shape index (κ2) is 7.48. The fourth-order valence-electron chi connectivity index (χ4n) is 2.97. The van der Waals surface area contributed by atoms with E-state index in [1.165, 1.54) is 0 Å². The van der Waals surface area contributed by atoms with E-state index in [2.05, 4.69) is 0 Å². The highest BCUT2D eigenvalue weighted by molar-refractivity contribution is 5.80. The highest BCUT2D eigenvalue weighted by Gasteiger charge is 2.08. The number of nitrogens with zero attached hydrogens (tertiary/aromatic N) is 1. The Morgan fingerprint density at radius 1 is 0.821 bits per heavy atom. The zero-order valence-corrected chi connectivity index (χ0v) is 15.5. The van der Waals surface area contributed by atoms with Crippen LogP contribution in [0.3, 0.4) is 0 Å². The van der Waals surface area contributed by atoms with Crippen molar-refractivity contribution in [1.82, 2.24) is 0 Å². The van der Waals surface area contributed by atoms with Gasteiger partial charge in [-0.3, -0.25) is 0 Å². The Morgan fingerprint density at radius 3 is 2.36 bits per heavy atom. The largest absolute Gasteiger partial charge is 0.508 e. The lowest BCUT2D eigenvalue weighted by Gasteiger charge is -2.07. The monoisotopic (exact) mass is 373 g/mol. The number of benzene rings is 3. The van der Waals surface area contributed by atoms with Crippen molar-refractivity contribution >= 4 is 16.7 Å². The lowest BCUT2D eigenvalue weighted by Crippen LogP contribution is -2.03. The van der Waals surface area contributed by atoms with Gasteiger partial charge in [0, 0.05) is 23.1 Å². The van der Waals surface area contributed by atoms with Crippen molar-refractivity contribution in [2.24, 2.45) is 4.99 Å². The molecule has 5 nitrogen and oxygen atoms in total. The molecule has 1 N–H and O–H groups in total. The SMILES string of the molecule is COc1ccc(-c2cc(=Nc3cccc(OC)c3)c3cc(O)ccc3o2)cc1. The summed E-state index contributed by atoms with van der Waals surface area (Å²) in [5.41, 5.74) is 2.28. The topological polar surface area (TPSA) is 64.2 Å². The summed E-state index contributed by atoms with van der Waals surface area (Å²) >= 11 is 0. The molecule has 0 aliphatic carbocycles. The van der Waals surface area contributed by atoms with Gasteiger partial charge in [-0.05, 0) is 54.6 Å². The van der Waals surface area contributed by atoms with Crippen LogP contribution in [0.2, 0.25) is 0 Å². The average molecular weight is 373 g/mol. The van der Waals surface area contributed by atoms with Gasteiger partial charge in [0.05, 0.1) is 25.3 Å². The highest BCUT2D eigenvalue weighted by atomic mass is 16.5. The van der Waals surface area contributed by atoms with Crippen LogP contribution >= 0.6 is 0 Å². The maximum Gasteiger partial charge on any atom is 0.137 e. The lowest BCUT2D eigenvalue weighted by molar-refractivity contribution is 0.415. The Morgan fingerprint density at radius 2 is 1.61 bits per heavy atom. The van der Waals surface area contributed by atoms with Gasteiger partial charge in [0.15, 0.2) is 0 Å². The van der Waals surface area contributed by atoms with Crippen LogP contribution in [0.4, 0.5) is 5.69 Å². The zero-order valence-electron chi connectivity index (χ0n) is 15.5. The molecule has 1 aromatic heterocycles. The summed E-state index contributed by atoms with van der Waals surface area (Å²) < 4.78 is 16.6. The van der Waals surface area contributed by atoms with Crippen LogP contribution in [0.1, 0.15) is 0 Å². The minimum Gasteiger partial charge on any atom is -0.508 e. The summed E-state index contributed by atoms with van der Waals surface area (Å²) in [5.74, 6) is 2.32. The van der Waals surface area contributed by atoms with Crippen molar-refractivity contribution in [3.63, 3.8) is 0 Å². The van der Waals surface area contributed by atoms with Gasteiger partial charge in [0.2, 0.25) is 0 Å². The van der Waals surface area contributed by atoms with Crippen LogP contribution in [-0.2, 0) is 0 Å². The molecule has 28 heavy (non-hydrogen) atoms. The van der Waals surface area contributed by atoms with E-state index in [0.717, 1.165) is 28.1 Å². The molecule has 0 aliphatic heterocycles. The second-order valence-electron chi connectivity index (χ2n) is 6.22. The molecule has 3 aromatic carbocycles. The minimum atomic E-state index is 0.155. The van der Waals surface area contributed by atoms with E-state index in [4.69, 9.17) is 18.9 Å². The molecular formula is C23H19NO4. The first kappa shape index (κ1) is 17.7. The van der Waals surface area contributed by atoms with E-state index in [1.54, 1.807) is 32.4 Å². The number of phenols is 1. The zero-order chi connectivity index (χ0) is 19.5. The Balaban J connectivity index is 1.94. The number of methoxy groups -OCH3 is 2. The van der Waals surface area contributed by atoms with Crippen molar-refractivity contribution in [3.8, 4) is 28.6 Å². The number of rotatable bonds is 4. The summed E-state index contributed by atoms with van der Waals surface area (Å²) in [7, 11) is 3.25. The summed E-state index contributed by atoms with van der Waals surface area (Å²) in [6, 6.07) is 22.0. The van der Waals surface area contributed by atoms with Crippen LogP contribution in [0.5, 0.6) is 17.2 Å². The summed E-state index contributed by atoms with van der Waals surface area (Å²) in [4.78, 5) is 4.76. The first-order valence-corrected chi connectivity index (χ1v) is 8.76. The van der Waals surface area contributed by atoms with Gasteiger partial charge in [0.1, 0.15) is 28.6 Å². The van der Waals surface area contributed by atoms with Crippen molar-refractivity contribution in [2.45, 2.75) is 0 Å². The Hall–Kier alpha value is -3.73. The van der Waals surface area contributed by atoms with Crippen LogP contribution in [0.25, 0.3) is 22.3 Å². The molecule has 4 rings (SSSR count). The van der Waals surface area contributed by atoms with Crippen LogP contribution in [0.15, 0.2) is 82.2 Å². The van der Waals surface area contributed by atoms with E-state index in [0.29, 0.717) is 16.7 Å². The van der Waals surface area contributed by atoms with Crippen molar-refractivity contribution in [3.05, 3.63) is 78.2 Å². The van der Waals surface area contributed by atoms with Crippen molar-refractivity contribution < 1.29 is 19.0 Å². The first-order chi connectivity index (χ1) is 13.7. The smallest absolute Gasteiger partial charge is 0.137 e. The fraction of sp³-hybridized carbons (Fsp3) is 0.0870. The van der Waals surface area contributed by atoms with E-state index in [-0.39, 0.29) is 5.75 Å². The van der Waals surface area contributed by atoms with Crippen LogP contribution in [-0.4, -0.2) is 19.3 Å². The lowest BCUT2D eigenvalue weighted by atomic mass is 10.1. The second-order valence-corrected chi connectivity index (χ2v) is 6.22. The number of fused-ring (bicyclic) bond motifs is 1. The number of ether oxygens (including phenoxy) is 2. The van der Waals surface area contributed by atoms with Crippen LogP contribution < -0.4 is 14.8 Å². The maximum absolute atomic E-state index is 9.93. The third-order valence-electron chi connectivity index (χ3n) is 4.40. The number of hydrogen-bond acceptors (Lipinski definition) is 5. The highest BCUT2D eigenvalue weighted by Crippen LogP contribution is 2.27. The molecule has 1 heterocycles. The predicted molar refractivity (Wildman–Crippen MR) is 108 cm³/mol. The Bertz CT molecular complexity index is 1190. The molecule has 5 heteroatoms. The minimum absolute atomic E-state index is 0.155. The number of phenolic OH excluding ortho intramolecular Hbond substituents is 1. The molecule has 0 bridgehead atoms. The molecule has 4 aromatic rings. The predicted octanol–water partition coefficient (Wildman–Crippen LogP) is 5.06. The van der Waals surface area contributed by atoms with Crippen molar-refractivity contribution in [2.75, 3.05) is 14.2 Å². The van der Waals surface area contributed by atoms with Gasteiger partial charge in [-0.1, -0.05) is 6.07 Å². The molecule has 0 atom stereocenters. The molecule has 0 saturated carbocycles. The summed E-state index contributed by atoms with van der Waals surface area (Å²) in [6.07, 6.45) is 0. The van der Waals surface area contributed by atoms with Crippen molar-refractivity contribution in [1.29, 1.82) is 0 Å². The number of hydrogen-bond donors (Lipinski definition) is 1. The molecule has 0 spiro atoms. The third-order valence-corrected chi connectivity index (χ3v) is 4.40. The van der Waals surface area contributed by atoms with Gasteiger partial charge >= 0.3 is 0 Å². The van der Waals surface area contributed by atoms with Gasteiger partial charge in [-0.25, -0.2) is 4.99 Å². The summed E-state index contributed by atoms with van der Waals surface area (Å²) in [6.45, 7) is 0. The van der Waals surface area contributed by atoms with Crippen LogP contribution in [0, 0.1) is 0 Å². The fourth-order valence-corrected chi connectivity index (χ4v) is 2.97. The molecular weight excluding hydrogens is 354 g/mol. The average Bonchev–Trinajstić information content (AvgIpc) is 2.74. The molecule has 0 radical (unpaired) electrons. The van der Waals surface area contributed by atoms with E-state index in [1.807, 2.05) is 54.6 Å². The van der Waals surface area contributed by atoms with Gasteiger partial charge in [-0.15, -0.1) is 0 Å². The molecule has 0 amide bonds. The molecule has 0 saturated heterocycles. The molecule has 0 unspecified atom stereocenters. The standard InChI is InChI=1S/C23H19NO4/c1-26-18-9-6-15(7-10-18)23-14-21(20-13-17(25)8-11-22(20)28-23)24-16-4-3-5-19(12-16)27-2/h3-14,25H,1-2H3. The van der Waals surface area contributed by atoms with Gasteiger partial charge < -0.3 is 19.0 Å². The molecule has 0 fully saturated rings. The molecule has 140 valence electrons. The van der Waals surface area contributed by atoms with E-state index >= 15 is 0 Å². The Labute approximate surface area is 162 Å². The quantitative estimate of drug-likeness (QED) is 0.543. The van der Waals surface area contributed by atoms with E-state index in [9.17, 15) is 5.11 Å². The maximum atomic E-state index is 9.93. The number of aromatic hydroxyl groups is 1. The summed E-state index contributed by atoms with van der Waals surface area (Å²) in [5, 5.41) is 11.3. The van der Waals surface area contributed by atoms with E-state index < -0.39 is 0 Å². The Kier molecular flexibility index (Phi) is 4.72. The normalized spacial score (nSPS) is 11.6.